The summed E-state index contributed by atoms with van der Waals surface area (Å²) >= 11 is 8.57. The smallest absolute Gasteiger partial charge is 0.158 e. The molecule has 0 unspecified atom stereocenters. The molecule has 0 aromatic carbocycles. The fourth-order valence-corrected chi connectivity index (χ4v) is 2.05. The Kier molecular flexibility index (Phi) is 3.46. The largest absolute Gasteiger partial charge is 0.342 e. The van der Waals surface area contributed by atoms with Gasteiger partial charge in [0.15, 0.2) is 5.82 Å². The topological polar surface area (TPSA) is 41.6 Å². The van der Waals surface area contributed by atoms with E-state index in [1.54, 1.807) is 6.20 Å². The summed E-state index contributed by atoms with van der Waals surface area (Å²) in [4.78, 5) is 11.8. The molecule has 2 heterocycles. The molecule has 0 radical (unpaired) electrons. The summed E-state index contributed by atoms with van der Waals surface area (Å²) in [5, 5.41) is 0. The SMILES string of the molecule is CCc1cc(=S)nc(-c2ncccc2Br)[nH]1. The van der Waals surface area contributed by atoms with Crippen molar-refractivity contribution in [1.29, 1.82) is 0 Å². The molecule has 5 heteroatoms. The summed E-state index contributed by atoms with van der Waals surface area (Å²) in [5.74, 6) is 0.705. The minimum atomic E-state index is 0.586. The van der Waals surface area contributed by atoms with E-state index in [0.717, 1.165) is 22.3 Å². The first-order valence-corrected chi connectivity index (χ1v) is 6.12. The van der Waals surface area contributed by atoms with Crippen LogP contribution in [0.4, 0.5) is 0 Å². The Bertz CT molecular complexity index is 565. The Morgan fingerprint density at radius 2 is 2.31 bits per heavy atom. The predicted octanol–water partition coefficient (Wildman–Crippen LogP) is 3.53. The Morgan fingerprint density at radius 3 is 3.00 bits per heavy atom. The van der Waals surface area contributed by atoms with Gasteiger partial charge in [-0.15, -0.1) is 0 Å². The number of halogens is 1. The number of aromatic nitrogens is 3. The van der Waals surface area contributed by atoms with E-state index in [9.17, 15) is 0 Å². The van der Waals surface area contributed by atoms with Crippen LogP contribution in [0.5, 0.6) is 0 Å². The molecule has 0 aliphatic rings. The third-order valence-corrected chi connectivity index (χ3v) is 3.01. The van der Waals surface area contributed by atoms with Gasteiger partial charge in [0.2, 0.25) is 0 Å². The van der Waals surface area contributed by atoms with Crippen molar-refractivity contribution in [3.8, 4) is 11.5 Å². The molecule has 0 atom stereocenters. The van der Waals surface area contributed by atoms with Crippen molar-refractivity contribution in [2.24, 2.45) is 0 Å². The molecule has 2 aromatic rings. The maximum atomic E-state index is 5.12. The summed E-state index contributed by atoms with van der Waals surface area (Å²) in [5.41, 5.74) is 1.84. The molecular formula is C11H10BrN3S. The van der Waals surface area contributed by atoms with Crippen LogP contribution in [0.1, 0.15) is 12.6 Å². The van der Waals surface area contributed by atoms with Crippen LogP contribution in [0.2, 0.25) is 0 Å². The molecule has 0 aliphatic heterocycles. The third kappa shape index (κ3) is 2.36. The van der Waals surface area contributed by atoms with Gasteiger partial charge >= 0.3 is 0 Å². The zero-order valence-electron chi connectivity index (χ0n) is 8.70. The average Bonchev–Trinajstić information content (AvgIpc) is 2.28. The van der Waals surface area contributed by atoms with Crippen molar-refractivity contribution in [2.75, 3.05) is 0 Å². The van der Waals surface area contributed by atoms with Crippen LogP contribution in [0.3, 0.4) is 0 Å². The van der Waals surface area contributed by atoms with Crippen molar-refractivity contribution in [3.05, 3.63) is 39.2 Å². The fraction of sp³-hybridized carbons (Fsp3) is 0.182. The highest BCUT2D eigenvalue weighted by molar-refractivity contribution is 9.10. The minimum absolute atomic E-state index is 0.586. The van der Waals surface area contributed by atoms with Crippen LogP contribution in [-0.2, 0) is 6.42 Å². The number of H-pyrrole nitrogens is 1. The van der Waals surface area contributed by atoms with Crippen LogP contribution in [0.15, 0.2) is 28.9 Å². The van der Waals surface area contributed by atoms with E-state index in [0.29, 0.717) is 10.5 Å². The van der Waals surface area contributed by atoms with Gasteiger partial charge in [-0.25, -0.2) is 4.98 Å². The molecule has 1 N–H and O–H groups in total. The highest BCUT2D eigenvalue weighted by atomic mass is 79.9. The lowest BCUT2D eigenvalue weighted by atomic mass is 10.3. The molecule has 3 nitrogen and oxygen atoms in total. The van der Waals surface area contributed by atoms with E-state index in [4.69, 9.17) is 12.2 Å². The quantitative estimate of drug-likeness (QED) is 0.862. The number of nitrogens with one attached hydrogen (secondary N) is 1. The number of aromatic amines is 1. The normalized spacial score (nSPS) is 10.4. The molecule has 0 aliphatic carbocycles. The minimum Gasteiger partial charge on any atom is -0.342 e. The standard InChI is InChI=1S/C11H10BrN3S/c1-2-7-6-9(16)15-11(14-7)10-8(12)4-3-5-13-10/h3-6H,2H2,1H3,(H,14,15,16). The van der Waals surface area contributed by atoms with Gasteiger partial charge in [0.25, 0.3) is 0 Å². The van der Waals surface area contributed by atoms with Gasteiger partial charge in [-0.1, -0.05) is 19.1 Å². The second-order valence-electron chi connectivity index (χ2n) is 3.28. The number of hydrogen-bond acceptors (Lipinski definition) is 3. The van der Waals surface area contributed by atoms with Gasteiger partial charge in [0.05, 0.1) is 0 Å². The number of nitrogens with zero attached hydrogens (tertiary/aromatic N) is 2. The Morgan fingerprint density at radius 1 is 1.50 bits per heavy atom. The van der Waals surface area contributed by atoms with E-state index < -0.39 is 0 Å². The maximum Gasteiger partial charge on any atom is 0.158 e. The molecular weight excluding hydrogens is 286 g/mol. The maximum absolute atomic E-state index is 5.12. The lowest BCUT2D eigenvalue weighted by molar-refractivity contribution is 0.990. The van der Waals surface area contributed by atoms with Crippen LogP contribution < -0.4 is 0 Å². The van der Waals surface area contributed by atoms with Crippen LogP contribution in [0, 0.1) is 4.64 Å². The highest BCUT2D eigenvalue weighted by Gasteiger charge is 2.06. The summed E-state index contributed by atoms with van der Waals surface area (Å²) in [7, 11) is 0. The summed E-state index contributed by atoms with van der Waals surface area (Å²) in [6.07, 6.45) is 2.63. The lowest BCUT2D eigenvalue weighted by Gasteiger charge is -2.04. The molecule has 82 valence electrons. The Hall–Kier alpha value is -1.07. The number of hydrogen-bond donors (Lipinski definition) is 1. The number of aryl methyl sites for hydroxylation is 1. The fourth-order valence-electron chi connectivity index (χ4n) is 1.37. The predicted molar refractivity (Wildman–Crippen MR) is 69.7 cm³/mol. The number of rotatable bonds is 2. The molecule has 2 aromatic heterocycles. The Balaban J connectivity index is 2.60. The van der Waals surface area contributed by atoms with Crippen LogP contribution in [0.25, 0.3) is 11.5 Å². The van der Waals surface area contributed by atoms with E-state index in [2.05, 4.69) is 37.8 Å². The summed E-state index contributed by atoms with van der Waals surface area (Å²) < 4.78 is 1.49. The van der Waals surface area contributed by atoms with Crippen molar-refractivity contribution in [3.63, 3.8) is 0 Å². The van der Waals surface area contributed by atoms with Gasteiger partial charge < -0.3 is 4.98 Å². The molecule has 0 saturated heterocycles. The Labute approximate surface area is 107 Å². The van der Waals surface area contributed by atoms with Crippen LogP contribution in [-0.4, -0.2) is 15.0 Å². The number of pyridine rings is 1. The molecule has 0 fully saturated rings. The highest BCUT2D eigenvalue weighted by Crippen LogP contribution is 2.22. The molecule has 0 bridgehead atoms. The van der Waals surface area contributed by atoms with E-state index in [1.165, 1.54) is 0 Å². The van der Waals surface area contributed by atoms with Gasteiger partial charge in [-0.2, -0.15) is 0 Å². The average molecular weight is 296 g/mol. The van der Waals surface area contributed by atoms with Gasteiger partial charge in [0, 0.05) is 16.4 Å². The van der Waals surface area contributed by atoms with Gasteiger partial charge in [-0.3, -0.25) is 4.98 Å². The van der Waals surface area contributed by atoms with E-state index >= 15 is 0 Å². The van der Waals surface area contributed by atoms with E-state index in [1.807, 2.05) is 18.2 Å². The summed E-state index contributed by atoms with van der Waals surface area (Å²) in [6.45, 7) is 2.07. The molecule has 0 saturated carbocycles. The second kappa shape index (κ2) is 4.84. The first kappa shape index (κ1) is 11.4. The van der Waals surface area contributed by atoms with Crippen molar-refractivity contribution in [1.82, 2.24) is 15.0 Å². The van der Waals surface area contributed by atoms with Gasteiger partial charge in [0.1, 0.15) is 10.3 Å². The molecule has 0 spiro atoms. The molecule has 2 rings (SSSR count). The molecule has 0 amide bonds. The molecule has 16 heavy (non-hydrogen) atoms. The third-order valence-electron chi connectivity index (χ3n) is 2.16. The van der Waals surface area contributed by atoms with Crippen molar-refractivity contribution in [2.45, 2.75) is 13.3 Å². The van der Waals surface area contributed by atoms with Crippen molar-refractivity contribution < 1.29 is 0 Å². The van der Waals surface area contributed by atoms with Crippen LogP contribution >= 0.6 is 28.1 Å². The summed E-state index contributed by atoms with van der Waals surface area (Å²) in [6, 6.07) is 5.67. The first-order valence-electron chi connectivity index (χ1n) is 4.92. The second-order valence-corrected chi connectivity index (χ2v) is 4.55. The van der Waals surface area contributed by atoms with E-state index in [-0.39, 0.29) is 0 Å². The lowest BCUT2D eigenvalue weighted by Crippen LogP contribution is -1.97. The monoisotopic (exact) mass is 295 g/mol. The zero-order valence-corrected chi connectivity index (χ0v) is 11.1. The van der Waals surface area contributed by atoms with Gasteiger partial charge in [-0.05, 0) is 40.5 Å². The first-order chi connectivity index (χ1) is 7.70. The zero-order chi connectivity index (χ0) is 11.5. The van der Waals surface area contributed by atoms with Crippen molar-refractivity contribution >= 4 is 28.1 Å².